The quantitative estimate of drug-likeness (QED) is 0.634. The van der Waals surface area contributed by atoms with Gasteiger partial charge in [0.25, 0.3) is 11.8 Å². The fourth-order valence-electron chi connectivity index (χ4n) is 3.56. The maximum absolute atomic E-state index is 12.5. The number of hydrogen-bond donors (Lipinski definition) is 0. The lowest BCUT2D eigenvalue weighted by molar-refractivity contribution is -0.136. The van der Waals surface area contributed by atoms with Crippen molar-refractivity contribution in [2.24, 2.45) is 0 Å². The van der Waals surface area contributed by atoms with Crippen LogP contribution in [0.2, 0.25) is 0 Å². The van der Waals surface area contributed by atoms with E-state index in [4.69, 9.17) is 4.52 Å². The highest BCUT2D eigenvalue weighted by Crippen LogP contribution is 2.28. The van der Waals surface area contributed by atoms with Crippen molar-refractivity contribution in [3.05, 3.63) is 71.6 Å². The van der Waals surface area contributed by atoms with Crippen molar-refractivity contribution in [1.29, 1.82) is 0 Å². The van der Waals surface area contributed by atoms with Crippen LogP contribution in [0, 0.1) is 0 Å². The number of likely N-dealkylation sites (tertiary alicyclic amines) is 1. The van der Waals surface area contributed by atoms with E-state index in [1.165, 1.54) is 0 Å². The Kier molecular flexibility index (Phi) is 3.97. The van der Waals surface area contributed by atoms with Crippen molar-refractivity contribution in [3.8, 4) is 11.4 Å². The van der Waals surface area contributed by atoms with E-state index >= 15 is 0 Å². The maximum atomic E-state index is 12.5. The van der Waals surface area contributed by atoms with Crippen LogP contribution in [0.3, 0.4) is 0 Å². The van der Waals surface area contributed by atoms with E-state index < -0.39 is 11.8 Å². The van der Waals surface area contributed by atoms with Gasteiger partial charge in [-0.15, -0.1) is 0 Å². The van der Waals surface area contributed by atoms with Gasteiger partial charge in [0.05, 0.1) is 17.0 Å². The van der Waals surface area contributed by atoms with Crippen LogP contribution in [-0.2, 0) is 4.79 Å². The highest BCUT2D eigenvalue weighted by molar-refractivity contribution is 6.22. The Balaban J connectivity index is 1.21. The fourth-order valence-corrected chi connectivity index (χ4v) is 3.56. The van der Waals surface area contributed by atoms with Crippen LogP contribution in [0.5, 0.6) is 0 Å². The van der Waals surface area contributed by atoms with E-state index in [1.807, 2.05) is 30.3 Å². The molecular formula is C21H16N4O4. The first-order valence-corrected chi connectivity index (χ1v) is 9.24. The Morgan fingerprint density at radius 2 is 1.59 bits per heavy atom. The van der Waals surface area contributed by atoms with Crippen molar-refractivity contribution in [1.82, 2.24) is 19.9 Å². The molecule has 1 fully saturated rings. The van der Waals surface area contributed by atoms with Gasteiger partial charge in [0.2, 0.25) is 17.6 Å². The van der Waals surface area contributed by atoms with Gasteiger partial charge >= 0.3 is 0 Å². The third kappa shape index (κ3) is 2.89. The average Bonchev–Trinajstić information content (AvgIpc) is 3.28. The Morgan fingerprint density at radius 3 is 2.24 bits per heavy atom. The lowest BCUT2D eigenvalue weighted by Crippen LogP contribution is -2.52. The van der Waals surface area contributed by atoms with Crippen LogP contribution in [0.1, 0.15) is 32.5 Å². The molecule has 0 N–H and O–H groups in total. The fraction of sp³-hybridized carbons (Fsp3) is 0.190. The van der Waals surface area contributed by atoms with Gasteiger partial charge in [-0.05, 0) is 12.1 Å². The molecule has 0 atom stereocenters. The summed E-state index contributed by atoms with van der Waals surface area (Å²) in [4.78, 5) is 44.3. The van der Waals surface area contributed by atoms with E-state index in [1.54, 1.807) is 29.2 Å². The molecular weight excluding hydrogens is 372 g/mol. The van der Waals surface area contributed by atoms with Gasteiger partial charge in [0.15, 0.2) is 0 Å². The van der Waals surface area contributed by atoms with Crippen LogP contribution < -0.4 is 0 Å². The van der Waals surface area contributed by atoms with Crippen LogP contribution in [0.25, 0.3) is 11.4 Å². The summed E-state index contributed by atoms with van der Waals surface area (Å²) < 4.78 is 5.34. The minimum Gasteiger partial charge on any atom is -0.339 e. The van der Waals surface area contributed by atoms with Crippen molar-refractivity contribution in [2.75, 3.05) is 19.6 Å². The smallest absolute Gasteiger partial charge is 0.262 e. The van der Waals surface area contributed by atoms with Crippen molar-refractivity contribution in [3.63, 3.8) is 0 Å². The predicted octanol–water partition coefficient (Wildman–Crippen LogP) is 1.96. The molecule has 3 amide bonds. The Morgan fingerprint density at radius 1 is 0.966 bits per heavy atom. The van der Waals surface area contributed by atoms with E-state index in [2.05, 4.69) is 10.1 Å². The highest BCUT2D eigenvalue weighted by Gasteiger charge is 2.40. The molecule has 8 heteroatoms. The summed E-state index contributed by atoms with van der Waals surface area (Å²) in [5, 5.41) is 4.00. The largest absolute Gasteiger partial charge is 0.339 e. The first-order valence-electron chi connectivity index (χ1n) is 9.24. The molecule has 1 aromatic heterocycles. The van der Waals surface area contributed by atoms with Gasteiger partial charge in [-0.1, -0.05) is 47.6 Å². The average molecular weight is 388 g/mol. The molecule has 144 valence electrons. The zero-order valence-electron chi connectivity index (χ0n) is 15.3. The Labute approximate surface area is 165 Å². The van der Waals surface area contributed by atoms with Gasteiger partial charge < -0.3 is 9.42 Å². The summed E-state index contributed by atoms with van der Waals surface area (Å²) >= 11 is 0. The highest BCUT2D eigenvalue weighted by atomic mass is 16.5. The number of benzene rings is 2. The van der Waals surface area contributed by atoms with E-state index in [-0.39, 0.29) is 18.4 Å². The second kappa shape index (κ2) is 6.66. The summed E-state index contributed by atoms with van der Waals surface area (Å²) in [6.07, 6.45) is 0. The SMILES string of the molecule is O=C(CN1C(=O)c2ccccc2C1=O)N1CC(c2nc(-c3ccccc3)no2)C1. The molecule has 0 saturated carbocycles. The number of rotatable bonds is 4. The zero-order valence-corrected chi connectivity index (χ0v) is 15.3. The molecule has 0 aliphatic carbocycles. The minimum atomic E-state index is -0.430. The molecule has 8 nitrogen and oxygen atoms in total. The molecule has 2 aliphatic heterocycles. The van der Waals surface area contributed by atoms with Gasteiger partial charge in [-0.25, -0.2) is 0 Å². The molecule has 3 aromatic rings. The Bertz CT molecular complexity index is 1080. The number of imide groups is 1. The summed E-state index contributed by atoms with van der Waals surface area (Å²) in [7, 11) is 0. The van der Waals surface area contributed by atoms with Crippen molar-refractivity contribution in [2.45, 2.75) is 5.92 Å². The molecule has 1 saturated heterocycles. The number of carbonyl (C=O) groups is 3. The summed E-state index contributed by atoms with van der Waals surface area (Å²) in [5.41, 5.74) is 1.54. The molecule has 3 heterocycles. The zero-order chi connectivity index (χ0) is 20.0. The maximum Gasteiger partial charge on any atom is 0.262 e. The molecule has 0 unspecified atom stereocenters. The molecule has 29 heavy (non-hydrogen) atoms. The summed E-state index contributed by atoms with van der Waals surface area (Å²) in [6, 6.07) is 16.1. The first kappa shape index (κ1) is 17.3. The van der Waals surface area contributed by atoms with Gasteiger partial charge in [-0.3, -0.25) is 19.3 Å². The number of hydrogen-bond acceptors (Lipinski definition) is 6. The molecule has 0 spiro atoms. The van der Waals surface area contributed by atoms with E-state index in [0.717, 1.165) is 10.5 Å². The number of carbonyl (C=O) groups excluding carboxylic acids is 3. The standard InChI is InChI=1S/C21H16N4O4/c26-17(12-25-20(27)15-8-4-5-9-16(15)21(25)28)24-10-14(11-24)19-22-18(23-29-19)13-6-2-1-3-7-13/h1-9,14H,10-12H2. The number of aromatic nitrogens is 2. The first-order chi connectivity index (χ1) is 14.1. The lowest BCUT2D eigenvalue weighted by atomic mass is 10.00. The van der Waals surface area contributed by atoms with Crippen molar-refractivity contribution < 1.29 is 18.9 Å². The molecule has 0 radical (unpaired) electrons. The van der Waals surface area contributed by atoms with E-state index in [9.17, 15) is 14.4 Å². The summed E-state index contributed by atoms with van der Waals surface area (Å²) in [6.45, 7) is 0.565. The second-order valence-electron chi connectivity index (χ2n) is 7.06. The van der Waals surface area contributed by atoms with Crippen LogP contribution in [0.4, 0.5) is 0 Å². The predicted molar refractivity (Wildman–Crippen MR) is 101 cm³/mol. The molecule has 0 bridgehead atoms. The third-order valence-electron chi connectivity index (χ3n) is 5.23. The van der Waals surface area contributed by atoms with Crippen LogP contribution in [-0.4, -0.2) is 57.3 Å². The number of nitrogens with zero attached hydrogens (tertiary/aromatic N) is 4. The summed E-state index contributed by atoms with van der Waals surface area (Å²) in [5.74, 6) is -0.199. The number of fused-ring (bicyclic) bond motifs is 1. The second-order valence-corrected chi connectivity index (χ2v) is 7.06. The van der Waals surface area contributed by atoms with Gasteiger partial charge in [-0.2, -0.15) is 4.98 Å². The van der Waals surface area contributed by atoms with Crippen LogP contribution >= 0.6 is 0 Å². The molecule has 2 aromatic carbocycles. The normalized spacial score (nSPS) is 16.1. The monoisotopic (exact) mass is 388 g/mol. The van der Waals surface area contributed by atoms with Crippen LogP contribution in [0.15, 0.2) is 59.1 Å². The Hall–Kier alpha value is -3.81. The van der Waals surface area contributed by atoms with E-state index in [0.29, 0.717) is 35.9 Å². The van der Waals surface area contributed by atoms with Gasteiger partial charge in [0.1, 0.15) is 6.54 Å². The minimum absolute atomic E-state index is 0.0499. The topological polar surface area (TPSA) is 96.6 Å². The lowest BCUT2D eigenvalue weighted by Gasteiger charge is -2.37. The third-order valence-corrected chi connectivity index (χ3v) is 5.23. The molecule has 5 rings (SSSR count). The molecule has 2 aliphatic rings. The van der Waals surface area contributed by atoms with Gasteiger partial charge in [0, 0.05) is 18.7 Å². The number of amides is 3. The van der Waals surface area contributed by atoms with Crippen molar-refractivity contribution >= 4 is 17.7 Å².